The maximum absolute atomic E-state index is 12.8. The summed E-state index contributed by atoms with van der Waals surface area (Å²) in [6.45, 7) is 0. The molecular formula is C7H3F3N2O. The third kappa shape index (κ3) is 1.69. The first kappa shape index (κ1) is 9.32. The van der Waals surface area contributed by atoms with E-state index in [1.54, 1.807) is 4.98 Å². The van der Waals surface area contributed by atoms with Gasteiger partial charge >= 0.3 is 0 Å². The number of nitrogens with one attached hydrogen (secondary N) is 1. The molecule has 0 unspecified atom stereocenters. The van der Waals surface area contributed by atoms with Gasteiger partial charge in [0.2, 0.25) is 5.56 Å². The lowest BCUT2D eigenvalue weighted by Gasteiger charge is -2.00. The molecule has 0 radical (unpaired) electrons. The third-order valence-electron chi connectivity index (χ3n) is 1.35. The van der Waals surface area contributed by atoms with Crippen molar-refractivity contribution in [3.05, 3.63) is 33.5 Å². The Hall–Kier alpha value is -1.77. The van der Waals surface area contributed by atoms with Gasteiger partial charge < -0.3 is 4.98 Å². The van der Waals surface area contributed by atoms with E-state index in [2.05, 4.69) is 0 Å². The molecule has 68 valence electrons. The van der Waals surface area contributed by atoms with Crippen LogP contribution in [-0.4, -0.2) is 4.98 Å². The molecule has 1 rings (SSSR count). The van der Waals surface area contributed by atoms with Crippen molar-refractivity contribution in [1.29, 1.82) is 5.26 Å². The van der Waals surface area contributed by atoms with Crippen LogP contribution in [0, 0.1) is 17.1 Å². The van der Waals surface area contributed by atoms with Crippen LogP contribution < -0.4 is 5.56 Å². The van der Waals surface area contributed by atoms with Crippen molar-refractivity contribution in [1.82, 2.24) is 4.98 Å². The van der Waals surface area contributed by atoms with Gasteiger partial charge in [-0.05, 0) is 0 Å². The normalized spacial score (nSPS) is 10.1. The van der Waals surface area contributed by atoms with E-state index < -0.39 is 29.1 Å². The summed E-state index contributed by atoms with van der Waals surface area (Å²) in [6, 6.07) is 1.70. The second-order valence-corrected chi connectivity index (χ2v) is 2.19. The van der Waals surface area contributed by atoms with E-state index in [-0.39, 0.29) is 0 Å². The molecule has 0 saturated carbocycles. The van der Waals surface area contributed by atoms with E-state index >= 15 is 0 Å². The minimum atomic E-state index is -3.10. The Bertz CT molecular complexity index is 419. The molecule has 1 N–H and O–H groups in total. The summed E-state index contributed by atoms with van der Waals surface area (Å²) >= 11 is 0. The molecule has 0 aliphatic heterocycles. The van der Waals surface area contributed by atoms with E-state index in [1.165, 1.54) is 6.07 Å². The molecule has 0 atom stereocenters. The number of nitriles is 1. The maximum atomic E-state index is 12.8. The van der Waals surface area contributed by atoms with Crippen molar-refractivity contribution in [2.24, 2.45) is 0 Å². The lowest BCUT2D eigenvalue weighted by Crippen LogP contribution is -2.11. The number of pyridine rings is 1. The molecule has 0 fully saturated rings. The largest absolute Gasteiger partial charge is 0.311 e. The first-order chi connectivity index (χ1) is 6.06. The quantitative estimate of drug-likeness (QED) is 0.722. The monoisotopic (exact) mass is 188 g/mol. The number of hydrogen-bond acceptors (Lipinski definition) is 2. The van der Waals surface area contributed by atoms with Gasteiger partial charge in [-0.25, -0.2) is 13.2 Å². The molecule has 0 aromatic carbocycles. The summed E-state index contributed by atoms with van der Waals surface area (Å²) < 4.78 is 36.9. The van der Waals surface area contributed by atoms with Crippen LogP contribution in [-0.2, 0) is 0 Å². The number of alkyl halides is 2. The number of hydrogen-bond donors (Lipinski definition) is 1. The van der Waals surface area contributed by atoms with Gasteiger partial charge in [-0.1, -0.05) is 0 Å². The number of rotatable bonds is 1. The molecule has 3 nitrogen and oxygen atoms in total. The first-order valence-electron chi connectivity index (χ1n) is 3.17. The molecule has 0 spiro atoms. The third-order valence-corrected chi connectivity index (χ3v) is 1.35. The van der Waals surface area contributed by atoms with Crippen molar-refractivity contribution in [2.75, 3.05) is 0 Å². The van der Waals surface area contributed by atoms with Gasteiger partial charge in [0.05, 0.1) is 5.56 Å². The van der Waals surface area contributed by atoms with Gasteiger partial charge in [0.25, 0.3) is 6.43 Å². The minimum absolute atomic E-state index is 0.431. The highest BCUT2D eigenvalue weighted by Gasteiger charge is 2.17. The van der Waals surface area contributed by atoms with Crippen LogP contribution >= 0.6 is 0 Å². The average Bonchev–Trinajstić information content (AvgIpc) is 2.08. The highest BCUT2D eigenvalue weighted by atomic mass is 19.3. The van der Waals surface area contributed by atoms with Gasteiger partial charge in [0, 0.05) is 6.07 Å². The highest BCUT2D eigenvalue weighted by molar-refractivity contribution is 5.28. The van der Waals surface area contributed by atoms with Crippen LogP contribution in [0.5, 0.6) is 0 Å². The fraction of sp³-hybridized carbons (Fsp3) is 0.143. The molecule has 0 amide bonds. The lowest BCUT2D eigenvalue weighted by atomic mass is 10.2. The second-order valence-electron chi connectivity index (χ2n) is 2.19. The number of aromatic nitrogens is 1. The molecule has 0 bridgehead atoms. The number of H-pyrrole nitrogens is 1. The Morgan fingerprint density at radius 2 is 2.15 bits per heavy atom. The van der Waals surface area contributed by atoms with Crippen LogP contribution in [0.4, 0.5) is 13.2 Å². The van der Waals surface area contributed by atoms with E-state index in [1.807, 2.05) is 0 Å². The molecule has 0 aliphatic carbocycles. The maximum Gasteiger partial charge on any atom is 0.266 e. The lowest BCUT2D eigenvalue weighted by molar-refractivity contribution is 0.146. The molecular weight excluding hydrogens is 185 g/mol. The van der Waals surface area contributed by atoms with Crippen LogP contribution in [0.2, 0.25) is 0 Å². The number of halogens is 3. The van der Waals surface area contributed by atoms with Crippen molar-refractivity contribution in [3.8, 4) is 6.07 Å². The van der Waals surface area contributed by atoms with E-state index in [0.29, 0.717) is 6.07 Å². The zero-order valence-corrected chi connectivity index (χ0v) is 6.14. The van der Waals surface area contributed by atoms with Crippen molar-refractivity contribution < 1.29 is 13.2 Å². The molecule has 6 heteroatoms. The topological polar surface area (TPSA) is 56.6 Å². The Balaban J connectivity index is 3.47. The fourth-order valence-corrected chi connectivity index (χ4v) is 0.799. The summed E-state index contributed by atoms with van der Waals surface area (Å²) in [5.41, 5.74) is -2.75. The van der Waals surface area contributed by atoms with Crippen molar-refractivity contribution in [3.63, 3.8) is 0 Å². The van der Waals surface area contributed by atoms with Crippen LogP contribution in [0.1, 0.15) is 17.7 Å². The van der Waals surface area contributed by atoms with Crippen LogP contribution in [0.3, 0.4) is 0 Å². The molecule has 1 aromatic heterocycles. The molecule has 1 heterocycles. The van der Waals surface area contributed by atoms with Crippen molar-refractivity contribution >= 4 is 0 Å². The predicted molar refractivity (Wildman–Crippen MR) is 36.7 cm³/mol. The molecule has 13 heavy (non-hydrogen) atoms. The van der Waals surface area contributed by atoms with Gasteiger partial charge in [-0.15, -0.1) is 0 Å². The average molecular weight is 188 g/mol. The second kappa shape index (κ2) is 3.31. The molecule has 0 aliphatic rings. The van der Waals surface area contributed by atoms with Crippen molar-refractivity contribution in [2.45, 2.75) is 6.43 Å². The van der Waals surface area contributed by atoms with E-state index in [0.717, 1.165) is 0 Å². The van der Waals surface area contributed by atoms with Gasteiger partial charge in [0.15, 0.2) is 11.5 Å². The van der Waals surface area contributed by atoms with E-state index in [4.69, 9.17) is 5.26 Å². The Kier molecular flexibility index (Phi) is 2.37. The minimum Gasteiger partial charge on any atom is -0.311 e. The summed E-state index contributed by atoms with van der Waals surface area (Å²) in [6.07, 6.45) is -3.10. The van der Waals surface area contributed by atoms with E-state index in [9.17, 15) is 18.0 Å². The summed E-state index contributed by atoms with van der Waals surface area (Å²) in [5.74, 6) is -1.38. The van der Waals surface area contributed by atoms with Crippen LogP contribution in [0.15, 0.2) is 10.9 Å². The fourth-order valence-electron chi connectivity index (χ4n) is 0.799. The Morgan fingerprint density at radius 3 is 2.62 bits per heavy atom. The first-order valence-corrected chi connectivity index (χ1v) is 3.17. The summed E-state index contributed by atoms with van der Waals surface area (Å²) in [7, 11) is 0. The zero-order valence-electron chi connectivity index (χ0n) is 6.14. The Labute approximate surface area is 70.4 Å². The zero-order chi connectivity index (χ0) is 10.0. The summed E-state index contributed by atoms with van der Waals surface area (Å²) in [4.78, 5) is 12.4. The number of nitrogens with zero attached hydrogens (tertiary/aromatic N) is 1. The Morgan fingerprint density at radius 1 is 1.54 bits per heavy atom. The standard InChI is InChI=1S/C7H3F3N2O/c8-6-3(7(9)10)1-5(13)12-4(6)2-11/h1,7H,(H,12,13). The van der Waals surface area contributed by atoms with Gasteiger partial charge in [-0.3, -0.25) is 4.79 Å². The molecule has 1 aromatic rings. The van der Waals surface area contributed by atoms with Gasteiger partial charge in [0.1, 0.15) is 6.07 Å². The predicted octanol–water partition coefficient (Wildman–Crippen LogP) is 1.32. The SMILES string of the molecule is N#Cc1[nH]c(=O)cc(C(F)F)c1F. The molecule has 0 saturated heterocycles. The van der Waals surface area contributed by atoms with Gasteiger partial charge in [-0.2, -0.15) is 5.26 Å². The number of aromatic amines is 1. The van der Waals surface area contributed by atoms with Crippen LogP contribution in [0.25, 0.3) is 0 Å². The summed E-state index contributed by atoms with van der Waals surface area (Å²) in [5, 5.41) is 8.24. The highest BCUT2D eigenvalue weighted by Crippen LogP contribution is 2.20. The smallest absolute Gasteiger partial charge is 0.266 e.